The molecule has 1 N–H and O–H groups in total. The minimum absolute atomic E-state index is 0.128. The first kappa shape index (κ1) is 14.1. The van der Waals surface area contributed by atoms with E-state index in [4.69, 9.17) is 0 Å². The van der Waals surface area contributed by atoms with Crippen LogP contribution in [0, 0.1) is 0 Å². The van der Waals surface area contributed by atoms with Gasteiger partial charge in [-0.05, 0) is 46.6 Å². The molecule has 0 radical (unpaired) electrons. The Kier molecular flexibility index (Phi) is 4.28. The fourth-order valence-electron chi connectivity index (χ4n) is 1.56. The molecule has 7 heteroatoms. The molecular formula is C12H12BrN3O2S. The first-order chi connectivity index (χ1) is 8.99. The molecule has 5 nitrogen and oxygen atoms in total. The van der Waals surface area contributed by atoms with Crippen LogP contribution in [0.1, 0.15) is 18.5 Å². The summed E-state index contributed by atoms with van der Waals surface area (Å²) >= 11 is 3.20. The van der Waals surface area contributed by atoms with Crippen LogP contribution in [0.5, 0.6) is 0 Å². The summed E-state index contributed by atoms with van der Waals surface area (Å²) in [6, 6.07) is 4.71. The van der Waals surface area contributed by atoms with Gasteiger partial charge in [-0.25, -0.2) is 13.1 Å². The smallest absolute Gasteiger partial charge is 0.242 e. The lowest BCUT2D eigenvalue weighted by Gasteiger charge is -2.14. The Morgan fingerprint density at radius 1 is 1.21 bits per heavy atom. The van der Waals surface area contributed by atoms with Crippen molar-refractivity contribution in [3.63, 3.8) is 0 Å². The number of aromatic nitrogens is 2. The summed E-state index contributed by atoms with van der Waals surface area (Å²) in [6.45, 7) is 1.78. The highest BCUT2D eigenvalue weighted by Crippen LogP contribution is 2.18. The molecule has 0 saturated carbocycles. The maximum absolute atomic E-state index is 12.2. The van der Waals surface area contributed by atoms with Crippen LogP contribution in [0.4, 0.5) is 0 Å². The van der Waals surface area contributed by atoms with Crippen molar-refractivity contribution in [2.75, 3.05) is 0 Å². The van der Waals surface area contributed by atoms with Gasteiger partial charge < -0.3 is 0 Å². The Hall–Kier alpha value is -1.31. The van der Waals surface area contributed by atoms with Crippen molar-refractivity contribution in [1.82, 2.24) is 14.7 Å². The van der Waals surface area contributed by atoms with E-state index in [0.717, 1.165) is 5.56 Å². The van der Waals surface area contributed by atoms with Crippen molar-refractivity contribution in [1.29, 1.82) is 0 Å². The van der Waals surface area contributed by atoms with Crippen LogP contribution in [0.2, 0.25) is 0 Å². The van der Waals surface area contributed by atoms with Gasteiger partial charge in [-0.2, -0.15) is 0 Å². The van der Waals surface area contributed by atoms with E-state index in [2.05, 4.69) is 30.6 Å². The van der Waals surface area contributed by atoms with Crippen LogP contribution in [0.25, 0.3) is 0 Å². The van der Waals surface area contributed by atoms with E-state index in [1.54, 1.807) is 31.5 Å². The van der Waals surface area contributed by atoms with Crippen molar-refractivity contribution in [2.45, 2.75) is 17.9 Å². The van der Waals surface area contributed by atoms with E-state index in [1.807, 2.05) is 0 Å². The molecule has 0 spiro atoms. The summed E-state index contributed by atoms with van der Waals surface area (Å²) in [4.78, 5) is 7.88. The SMILES string of the molecule is CC(NS(=O)(=O)c1cncc(Br)c1)c1ccncc1. The third-order valence-electron chi connectivity index (χ3n) is 2.53. The van der Waals surface area contributed by atoms with Gasteiger partial charge in [-0.1, -0.05) is 0 Å². The summed E-state index contributed by atoms with van der Waals surface area (Å²) in [5, 5.41) is 0. The van der Waals surface area contributed by atoms with Gasteiger partial charge in [0, 0.05) is 35.3 Å². The van der Waals surface area contributed by atoms with Crippen LogP contribution < -0.4 is 4.72 Å². The van der Waals surface area contributed by atoms with E-state index in [9.17, 15) is 8.42 Å². The van der Waals surface area contributed by atoms with Gasteiger partial charge in [0.2, 0.25) is 10.0 Å². The number of sulfonamides is 1. The van der Waals surface area contributed by atoms with Crippen molar-refractivity contribution in [3.05, 3.63) is 53.0 Å². The van der Waals surface area contributed by atoms with Gasteiger partial charge in [0.1, 0.15) is 4.90 Å². The summed E-state index contributed by atoms with van der Waals surface area (Å²) in [6.07, 6.45) is 6.10. The number of rotatable bonds is 4. The highest BCUT2D eigenvalue weighted by Gasteiger charge is 2.18. The largest absolute Gasteiger partial charge is 0.265 e. The standard InChI is InChI=1S/C12H12BrN3O2S/c1-9(10-2-4-14-5-3-10)16-19(17,18)12-6-11(13)7-15-8-12/h2-9,16H,1H3. The molecule has 0 aliphatic carbocycles. The monoisotopic (exact) mass is 341 g/mol. The second-order valence-corrected chi connectivity index (χ2v) is 6.59. The topological polar surface area (TPSA) is 72.0 Å². The van der Waals surface area contributed by atoms with Gasteiger partial charge >= 0.3 is 0 Å². The van der Waals surface area contributed by atoms with Gasteiger partial charge in [0.25, 0.3) is 0 Å². The molecule has 0 aromatic carbocycles. The zero-order valence-corrected chi connectivity index (χ0v) is 12.5. The van der Waals surface area contributed by atoms with Crippen molar-refractivity contribution >= 4 is 26.0 Å². The average molecular weight is 342 g/mol. The molecule has 0 fully saturated rings. The van der Waals surface area contributed by atoms with E-state index < -0.39 is 10.0 Å². The number of pyridine rings is 2. The third-order valence-corrected chi connectivity index (χ3v) is 4.47. The van der Waals surface area contributed by atoms with Crippen molar-refractivity contribution in [2.24, 2.45) is 0 Å². The lowest BCUT2D eigenvalue weighted by molar-refractivity contribution is 0.566. The van der Waals surface area contributed by atoms with Crippen LogP contribution in [0.3, 0.4) is 0 Å². The molecule has 100 valence electrons. The Morgan fingerprint density at radius 3 is 2.53 bits per heavy atom. The first-order valence-corrected chi connectivity index (χ1v) is 7.79. The first-order valence-electron chi connectivity index (χ1n) is 5.52. The van der Waals surface area contributed by atoms with Crippen LogP contribution in [-0.4, -0.2) is 18.4 Å². The van der Waals surface area contributed by atoms with Gasteiger partial charge in [0.05, 0.1) is 0 Å². The van der Waals surface area contributed by atoms with Gasteiger partial charge in [0.15, 0.2) is 0 Å². The quantitative estimate of drug-likeness (QED) is 0.925. The fourth-order valence-corrected chi connectivity index (χ4v) is 3.30. The minimum atomic E-state index is -3.59. The predicted octanol–water partition coefficient (Wildman–Crippen LogP) is 2.28. The zero-order chi connectivity index (χ0) is 13.9. The number of hydrogen-bond acceptors (Lipinski definition) is 4. The van der Waals surface area contributed by atoms with Crippen molar-refractivity contribution < 1.29 is 8.42 Å². The zero-order valence-electron chi connectivity index (χ0n) is 10.1. The van der Waals surface area contributed by atoms with E-state index in [-0.39, 0.29) is 10.9 Å². The van der Waals surface area contributed by atoms with Crippen molar-refractivity contribution in [3.8, 4) is 0 Å². The lowest BCUT2D eigenvalue weighted by atomic mass is 10.1. The van der Waals surface area contributed by atoms with Gasteiger partial charge in [-0.15, -0.1) is 0 Å². The molecule has 19 heavy (non-hydrogen) atoms. The molecule has 0 aliphatic rings. The van der Waals surface area contributed by atoms with Crippen LogP contribution >= 0.6 is 15.9 Å². The van der Waals surface area contributed by atoms with E-state index >= 15 is 0 Å². The summed E-state index contributed by atoms with van der Waals surface area (Å²) in [5.41, 5.74) is 0.849. The Morgan fingerprint density at radius 2 is 1.89 bits per heavy atom. The molecule has 2 aromatic heterocycles. The number of nitrogens with zero attached hydrogens (tertiary/aromatic N) is 2. The normalized spacial score (nSPS) is 13.2. The minimum Gasteiger partial charge on any atom is -0.265 e. The number of halogens is 1. The second-order valence-electron chi connectivity index (χ2n) is 3.96. The molecule has 0 saturated heterocycles. The molecule has 0 bridgehead atoms. The Labute approximate surface area is 120 Å². The molecule has 2 heterocycles. The summed E-state index contributed by atoms with van der Waals surface area (Å²) in [5.74, 6) is 0. The number of nitrogens with one attached hydrogen (secondary N) is 1. The maximum Gasteiger partial charge on any atom is 0.242 e. The van der Waals surface area contributed by atoms with E-state index in [0.29, 0.717) is 4.47 Å². The molecule has 1 atom stereocenters. The van der Waals surface area contributed by atoms with Crippen LogP contribution in [-0.2, 0) is 10.0 Å². The molecule has 2 rings (SSSR count). The lowest BCUT2D eigenvalue weighted by Crippen LogP contribution is -2.27. The fraction of sp³-hybridized carbons (Fsp3) is 0.167. The summed E-state index contributed by atoms with van der Waals surface area (Å²) in [7, 11) is -3.59. The summed E-state index contributed by atoms with van der Waals surface area (Å²) < 4.78 is 27.6. The highest BCUT2D eigenvalue weighted by atomic mass is 79.9. The van der Waals surface area contributed by atoms with Gasteiger partial charge in [-0.3, -0.25) is 9.97 Å². The molecule has 0 amide bonds. The maximum atomic E-state index is 12.2. The second kappa shape index (κ2) is 5.77. The Bertz CT molecular complexity index is 662. The van der Waals surface area contributed by atoms with Crippen LogP contribution in [0.15, 0.2) is 52.4 Å². The molecule has 1 unspecified atom stereocenters. The molecular weight excluding hydrogens is 330 g/mol. The highest BCUT2D eigenvalue weighted by molar-refractivity contribution is 9.10. The average Bonchev–Trinajstić information content (AvgIpc) is 2.39. The molecule has 0 aliphatic heterocycles. The third kappa shape index (κ3) is 3.59. The Balaban J connectivity index is 2.23. The van der Waals surface area contributed by atoms with E-state index in [1.165, 1.54) is 18.5 Å². The number of hydrogen-bond donors (Lipinski definition) is 1. The predicted molar refractivity (Wildman–Crippen MR) is 74.9 cm³/mol. The molecule has 2 aromatic rings.